The van der Waals surface area contributed by atoms with Crippen LogP contribution in [0, 0.1) is 6.92 Å². The molecule has 35 heavy (non-hydrogen) atoms. The summed E-state index contributed by atoms with van der Waals surface area (Å²) in [5, 5.41) is 3.03. The summed E-state index contributed by atoms with van der Waals surface area (Å²) in [6.07, 6.45) is 1.24. The van der Waals surface area contributed by atoms with Crippen LogP contribution in [0.5, 0.6) is 11.5 Å². The van der Waals surface area contributed by atoms with Gasteiger partial charge in [-0.05, 0) is 43.3 Å². The average Bonchev–Trinajstić information content (AvgIpc) is 2.86. The zero-order chi connectivity index (χ0) is 24.6. The highest BCUT2D eigenvalue weighted by Crippen LogP contribution is 2.32. The zero-order valence-electron chi connectivity index (χ0n) is 18.9. The highest BCUT2D eigenvalue weighted by molar-refractivity contribution is 7.91. The number of benzene rings is 3. The Morgan fingerprint density at radius 2 is 1.71 bits per heavy atom. The first kappa shape index (κ1) is 22.7. The van der Waals surface area contributed by atoms with E-state index in [9.17, 15) is 18.0 Å². The van der Waals surface area contributed by atoms with E-state index >= 15 is 0 Å². The van der Waals surface area contributed by atoms with E-state index in [1.165, 1.54) is 22.9 Å². The van der Waals surface area contributed by atoms with Crippen molar-refractivity contribution in [3.63, 3.8) is 0 Å². The minimum absolute atomic E-state index is 0.0105. The first-order valence-corrected chi connectivity index (χ1v) is 12.4. The van der Waals surface area contributed by atoms with Crippen LogP contribution in [0.2, 0.25) is 0 Å². The van der Waals surface area contributed by atoms with Gasteiger partial charge in [0.05, 0.1) is 10.4 Å². The number of hydrogen-bond acceptors (Lipinski definition) is 6. The van der Waals surface area contributed by atoms with Crippen molar-refractivity contribution in [2.45, 2.75) is 23.3 Å². The zero-order valence-corrected chi connectivity index (χ0v) is 19.7. The van der Waals surface area contributed by atoms with Gasteiger partial charge in [0.1, 0.15) is 24.7 Å². The SMILES string of the molecule is Cc1ccc2c(c1)c(=O)c(S(=O)(=O)c1ccccc1)cn2CC(=O)Nc1ccc2c(c1)OCCO2. The molecule has 0 atom stereocenters. The molecule has 2 heterocycles. The first-order valence-electron chi connectivity index (χ1n) is 11.0. The van der Waals surface area contributed by atoms with Gasteiger partial charge in [-0.3, -0.25) is 9.59 Å². The van der Waals surface area contributed by atoms with E-state index in [0.717, 1.165) is 5.56 Å². The minimum Gasteiger partial charge on any atom is -0.486 e. The number of amides is 1. The lowest BCUT2D eigenvalue weighted by Gasteiger charge is -2.19. The predicted octanol–water partition coefficient (Wildman–Crippen LogP) is 3.55. The summed E-state index contributed by atoms with van der Waals surface area (Å²) in [6, 6.07) is 18.0. The third kappa shape index (κ3) is 4.38. The van der Waals surface area contributed by atoms with E-state index in [1.807, 2.05) is 13.0 Å². The average molecular weight is 491 g/mol. The molecule has 1 aromatic heterocycles. The van der Waals surface area contributed by atoms with Crippen LogP contribution in [-0.2, 0) is 21.2 Å². The summed E-state index contributed by atoms with van der Waals surface area (Å²) in [5.74, 6) is 0.747. The summed E-state index contributed by atoms with van der Waals surface area (Å²) in [6.45, 7) is 2.50. The molecule has 0 radical (unpaired) electrons. The number of nitrogens with one attached hydrogen (secondary N) is 1. The number of fused-ring (bicyclic) bond motifs is 2. The van der Waals surface area contributed by atoms with Crippen molar-refractivity contribution in [3.05, 3.63) is 88.7 Å². The molecular formula is C26H22N2O6S. The molecule has 0 unspecified atom stereocenters. The molecule has 4 aromatic rings. The number of ether oxygens (including phenoxy) is 2. The second kappa shape index (κ2) is 8.92. The Kier molecular flexibility index (Phi) is 5.78. The molecule has 0 aliphatic carbocycles. The Morgan fingerprint density at radius 1 is 0.971 bits per heavy atom. The Balaban J connectivity index is 1.54. The lowest BCUT2D eigenvalue weighted by atomic mass is 10.1. The molecule has 1 aliphatic heterocycles. The van der Waals surface area contributed by atoms with Crippen LogP contribution in [0.25, 0.3) is 10.9 Å². The van der Waals surface area contributed by atoms with Crippen molar-refractivity contribution >= 4 is 32.3 Å². The summed E-state index contributed by atoms with van der Waals surface area (Å²) in [5.41, 5.74) is 1.18. The molecule has 0 fully saturated rings. The lowest BCUT2D eigenvalue weighted by Crippen LogP contribution is -2.24. The molecule has 1 aliphatic rings. The molecule has 0 saturated heterocycles. The number of aryl methyl sites for hydroxylation is 1. The van der Waals surface area contributed by atoms with Crippen LogP contribution in [-0.4, -0.2) is 32.1 Å². The lowest BCUT2D eigenvalue weighted by molar-refractivity contribution is -0.116. The number of pyridine rings is 1. The molecule has 3 aromatic carbocycles. The highest BCUT2D eigenvalue weighted by atomic mass is 32.2. The molecular weight excluding hydrogens is 468 g/mol. The number of anilines is 1. The van der Waals surface area contributed by atoms with Gasteiger partial charge >= 0.3 is 0 Å². The number of nitrogens with zero attached hydrogens (tertiary/aromatic N) is 1. The summed E-state index contributed by atoms with van der Waals surface area (Å²) < 4.78 is 39.2. The third-order valence-corrected chi connectivity index (χ3v) is 7.45. The highest BCUT2D eigenvalue weighted by Gasteiger charge is 2.24. The van der Waals surface area contributed by atoms with Crippen LogP contribution in [0.3, 0.4) is 0 Å². The number of sulfone groups is 1. The largest absolute Gasteiger partial charge is 0.486 e. The summed E-state index contributed by atoms with van der Waals surface area (Å²) >= 11 is 0. The van der Waals surface area contributed by atoms with Crippen molar-refractivity contribution in [1.29, 1.82) is 0 Å². The number of hydrogen-bond donors (Lipinski definition) is 1. The van der Waals surface area contributed by atoms with Crippen LogP contribution in [0.4, 0.5) is 5.69 Å². The summed E-state index contributed by atoms with van der Waals surface area (Å²) in [7, 11) is -4.10. The second-order valence-corrected chi connectivity index (χ2v) is 10.1. The molecule has 178 valence electrons. The van der Waals surface area contributed by atoms with Gasteiger partial charge in [0, 0.05) is 23.3 Å². The Morgan fingerprint density at radius 3 is 2.49 bits per heavy atom. The van der Waals surface area contributed by atoms with E-state index in [1.54, 1.807) is 48.5 Å². The minimum atomic E-state index is -4.10. The first-order chi connectivity index (χ1) is 16.8. The van der Waals surface area contributed by atoms with Gasteiger partial charge in [0.25, 0.3) is 0 Å². The quantitative estimate of drug-likeness (QED) is 0.459. The van der Waals surface area contributed by atoms with E-state index in [4.69, 9.17) is 9.47 Å². The predicted molar refractivity (Wildman–Crippen MR) is 131 cm³/mol. The Hall–Kier alpha value is -4.11. The maximum atomic E-state index is 13.3. The standard InChI is InChI=1S/C26H22N2O6S/c1-17-7-9-21-20(13-17)26(30)24(35(31,32)19-5-3-2-4-6-19)15-28(21)16-25(29)27-18-8-10-22-23(14-18)34-12-11-33-22/h2-10,13-15H,11-12,16H2,1H3,(H,27,29). The van der Waals surface area contributed by atoms with Gasteiger partial charge in [0.15, 0.2) is 11.5 Å². The van der Waals surface area contributed by atoms with Crippen molar-refractivity contribution in [2.75, 3.05) is 18.5 Å². The van der Waals surface area contributed by atoms with E-state index in [-0.39, 0.29) is 21.7 Å². The Bertz CT molecular complexity index is 1610. The molecule has 8 nitrogen and oxygen atoms in total. The van der Waals surface area contributed by atoms with Crippen LogP contribution >= 0.6 is 0 Å². The van der Waals surface area contributed by atoms with Gasteiger partial charge in [-0.25, -0.2) is 8.42 Å². The molecule has 1 amide bonds. The van der Waals surface area contributed by atoms with Gasteiger partial charge < -0.3 is 19.4 Å². The molecule has 1 N–H and O–H groups in total. The molecule has 0 bridgehead atoms. The van der Waals surface area contributed by atoms with E-state index in [0.29, 0.717) is 35.9 Å². The normalized spacial score (nSPS) is 12.9. The fourth-order valence-electron chi connectivity index (χ4n) is 4.01. The van der Waals surface area contributed by atoms with E-state index < -0.39 is 21.2 Å². The van der Waals surface area contributed by atoms with Crippen molar-refractivity contribution in [2.24, 2.45) is 0 Å². The van der Waals surface area contributed by atoms with Crippen molar-refractivity contribution in [1.82, 2.24) is 4.57 Å². The maximum Gasteiger partial charge on any atom is 0.244 e. The van der Waals surface area contributed by atoms with Crippen molar-refractivity contribution < 1.29 is 22.7 Å². The van der Waals surface area contributed by atoms with Crippen LogP contribution in [0.1, 0.15) is 5.56 Å². The monoisotopic (exact) mass is 490 g/mol. The molecule has 0 saturated carbocycles. The van der Waals surface area contributed by atoms with Gasteiger partial charge in [-0.15, -0.1) is 0 Å². The van der Waals surface area contributed by atoms with E-state index in [2.05, 4.69) is 5.32 Å². The van der Waals surface area contributed by atoms with Crippen LogP contribution in [0.15, 0.2) is 87.5 Å². The molecule has 9 heteroatoms. The van der Waals surface area contributed by atoms with Gasteiger partial charge in [-0.2, -0.15) is 0 Å². The number of rotatable bonds is 5. The topological polar surface area (TPSA) is 104 Å². The second-order valence-electron chi connectivity index (χ2n) is 8.19. The van der Waals surface area contributed by atoms with Crippen molar-refractivity contribution in [3.8, 4) is 11.5 Å². The summed E-state index contributed by atoms with van der Waals surface area (Å²) in [4.78, 5) is 25.8. The number of aromatic nitrogens is 1. The molecule has 0 spiro atoms. The fraction of sp³-hybridized carbons (Fsp3) is 0.154. The van der Waals surface area contributed by atoms with Crippen LogP contribution < -0.4 is 20.2 Å². The fourth-order valence-corrected chi connectivity index (χ4v) is 5.40. The third-order valence-electron chi connectivity index (χ3n) is 5.69. The van der Waals surface area contributed by atoms with Gasteiger partial charge in [-0.1, -0.05) is 29.8 Å². The number of carbonyl (C=O) groups is 1. The van der Waals surface area contributed by atoms with Gasteiger partial charge in [0.2, 0.25) is 21.2 Å². The Labute approximate surface area is 201 Å². The molecule has 5 rings (SSSR count). The maximum absolute atomic E-state index is 13.3. The smallest absolute Gasteiger partial charge is 0.244 e. The number of carbonyl (C=O) groups excluding carboxylic acids is 1.